The average Bonchev–Trinajstić information content (AvgIpc) is 2.93. The predicted molar refractivity (Wildman–Crippen MR) is 157 cm³/mol. The van der Waals surface area contributed by atoms with Crippen LogP contribution in [0.1, 0.15) is 37.8 Å². The Labute approximate surface area is 231 Å². The Kier molecular flexibility index (Phi) is 9.44. The molecule has 39 heavy (non-hydrogen) atoms. The molecule has 1 heterocycles. The van der Waals surface area contributed by atoms with Crippen LogP contribution in [0.2, 0.25) is 0 Å². The number of nitrogens with two attached hydrogens (primary N) is 1. The summed E-state index contributed by atoms with van der Waals surface area (Å²) >= 11 is 0. The summed E-state index contributed by atoms with van der Waals surface area (Å²) in [5.41, 5.74) is 8.66. The highest BCUT2D eigenvalue weighted by Gasteiger charge is 2.20. The van der Waals surface area contributed by atoms with Gasteiger partial charge in [-0.1, -0.05) is 30.3 Å². The summed E-state index contributed by atoms with van der Waals surface area (Å²) in [5.74, 6) is 1.10. The number of anilines is 2. The van der Waals surface area contributed by atoms with Gasteiger partial charge in [-0.05, 0) is 81.8 Å². The maximum Gasteiger partial charge on any atom is 0.244 e. The number of nitrogen functional groups attached to an aromatic ring is 1. The number of likely N-dealkylation sites (tertiary alicyclic amines) is 1. The van der Waals surface area contributed by atoms with Gasteiger partial charge in [-0.15, -0.1) is 0 Å². The van der Waals surface area contributed by atoms with E-state index in [0.717, 1.165) is 42.9 Å². The molecule has 0 aromatic heterocycles. The molecule has 0 unspecified atom stereocenters. The highest BCUT2D eigenvalue weighted by molar-refractivity contribution is 5.99. The first-order valence-electron chi connectivity index (χ1n) is 13.5. The van der Waals surface area contributed by atoms with E-state index in [2.05, 4.69) is 31.1 Å². The molecule has 0 bridgehead atoms. The van der Waals surface area contributed by atoms with E-state index in [9.17, 15) is 4.79 Å². The summed E-state index contributed by atoms with van der Waals surface area (Å²) in [6.07, 6.45) is 2.29. The Morgan fingerprint density at radius 1 is 1.08 bits per heavy atom. The Morgan fingerprint density at radius 2 is 1.77 bits per heavy atom. The third kappa shape index (κ3) is 7.97. The quantitative estimate of drug-likeness (QED) is 0.242. The highest BCUT2D eigenvalue weighted by Crippen LogP contribution is 2.28. The normalized spacial score (nSPS) is 14.2. The molecule has 206 valence electrons. The number of benzene rings is 3. The van der Waals surface area contributed by atoms with Gasteiger partial charge in [0, 0.05) is 30.4 Å². The van der Waals surface area contributed by atoms with Crippen LogP contribution in [-0.4, -0.2) is 55.5 Å². The number of piperidine rings is 1. The zero-order valence-corrected chi connectivity index (χ0v) is 23.0. The Morgan fingerprint density at radius 3 is 2.41 bits per heavy atom. The second kappa shape index (κ2) is 13.2. The molecule has 0 saturated carbocycles. The van der Waals surface area contributed by atoms with Crippen LogP contribution in [0.15, 0.2) is 72.8 Å². The number of rotatable bonds is 11. The van der Waals surface area contributed by atoms with Crippen molar-refractivity contribution >= 4 is 23.1 Å². The van der Waals surface area contributed by atoms with Gasteiger partial charge >= 0.3 is 0 Å². The molecule has 8 nitrogen and oxygen atoms in total. The van der Waals surface area contributed by atoms with Crippen molar-refractivity contribution in [1.82, 2.24) is 4.90 Å². The predicted octanol–water partition coefficient (Wildman–Crippen LogP) is 4.88. The molecule has 1 aliphatic heterocycles. The van der Waals surface area contributed by atoms with Crippen LogP contribution < -0.4 is 25.4 Å². The van der Waals surface area contributed by atoms with E-state index in [1.807, 2.05) is 59.5 Å². The molecule has 1 aliphatic rings. The van der Waals surface area contributed by atoms with Gasteiger partial charge in [-0.2, -0.15) is 0 Å². The Hall–Kier alpha value is -4.04. The van der Waals surface area contributed by atoms with Crippen molar-refractivity contribution in [2.75, 3.05) is 36.9 Å². The molecule has 4 N–H and O–H groups in total. The maximum atomic E-state index is 13.2. The molecule has 8 heteroatoms. The van der Waals surface area contributed by atoms with Crippen molar-refractivity contribution in [2.45, 2.75) is 45.4 Å². The molecule has 1 amide bonds. The van der Waals surface area contributed by atoms with Gasteiger partial charge in [0.25, 0.3) is 0 Å². The highest BCUT2D eigenvalue weighted by atomic mass is 16.5. The van der Waals surface area contributed by atoms with Crippen LogP contribution in [0.25, 0.3) is 0 Å². The van der Waals surface area contributed by atoms with Crippen molar-refractivity contribution in [1.29, 1.82) is 5.41 Å². The van der Waals surface area contributed by atoms with Crippen molar-refractivity contribution in [3.05, 3.63) is 83.9 Å². The zero-order chi connectivity index (χ0) is 27.8. The molecular weight excluding hydrogens is 490 g/mol. The van der Waals surface area contributed by atoms with Gasteiger partial charge in [0.1, 0.15) is 30.0 Å². The van der Waals surface area contributed by atoms with Crippen molar-refractivity contribution in [3.63, 3.8) is 0 Å². The zero-order valence-electron chi connectivity index (χ0n) is 23.0. The standard InChI is InChI=1S/C31H39N5O3/c1-22(2)36(25-10-12-26(13-11-25)39-27-15-17-35(3)18-16-27)20-30(37)34-28-19-24(31(32)33)9-14-29(28)38-21-23-7-5-4-6-8-23/h4-14,19,22,27H,15-18,20-21H2,1-3H3,(H3,32,33)(H,34,37). The number of hydrogen-bond acceptors (Lipinski definition) is 6. The van der Waals surface area contributed by atoms with Crippen LogP contribution in [0.3, 0.4) is 0 Å². The van der Waals surface area contributed by atoms with Gasteiger partial charge < -0.3 is 30.3 Å². The minimum atomic E-state index is -0.194. The minimum Gasteiger partial charge on any atom is -0.490 e. The van der Waals surface area contributed by atoms with Crippen molar-refractivity contribution < 1.29 is 14.3 Å². The molecule has 3 aromatic carbocycles. The smallest absolute Gasteiger partial charge is 0.244 e. The number of nitrogens with zero attached hydrogens (tertiary/aromatic N) is 2. The average molecular weight is 530 g/mol. The SMILES string of the molecule is CC(C)N(CC(=O)Nc1cc(C(=N)N)ccc1OCc1ccccc1)c1ccc(OC2CCN(C)CC2)cc1. The van der Waals surface area contributed by atoms with Crippen LogP contribution in [-0.2, 0) is 11.4 Å². The number of hydrogen-bond donors (Lipinski definition) is 3. The second-order valence-electron chi connectivity index (χ2n) is 10.3. The van der Waals surface area contributed by atoms with Gasteiger partial charge in [0.15, 0.2) is 0 Å². The molecule has 1 saturated heterocycles. The van der Waals surface area contributed by atoms with E-state index < -0.39 is 0 Å². The lowest BCUT2D eigenvalue weighted by Gasteiger charge is -2.30. The number of nitrogens with one attached hydrogen (secondary N) is 2. The molecule has 0 spiro atoms. The summed E-state index contributed by atoms with van der Waals surface area (Å²) in [5, 5.41) is 10.8. The third-order valence-electron chi connectivity index (χ3n) is 6.88. The second-order valence-corrected chi connectivity index (χ2v) is 10.3. The van der Waals surface area contributed by atoms with E-state index >= 15 is 0 Å². The van der Waals surface area contributed by atoms with Crippen LogP contribution in [0.4, 0.5) is 11.4 Å². The van der Waals surface area contributed by atoms with Gasteiger partial charge in [-0.25, -0.2) is 0 Å². The van der Waals surface area contributed by atoms with Gasteiger partial charge in [0.05, 0.1) is 12.2 Å². The summed E-state index contributed by atoms with van der Waals surface area (Å²) < 4.78 is 12.2. The van der Waals surface area contributed by atoms with Crippen LogP contribution in [0.5, 0.6) is 11.5 Å². The Balaban J connectivity index is 1.43. The Bertz CT molecular complexity index is 1240. The third-order valence-corrected chi connectivity index (χ3v) is 6.88. The number of amides is 1. The lowest BCUT2D eigenvalue weighted by atomic mass is 10.1. The van der Waals surface area contributed by atoms with Gasteiger partial charge in [0.2, 0.25) is 5.91 Å². The minimum absolute atomic E-state index is 0.0773. The first-order chi connectivity index (χ1) is 18.8. The van der Waals surface area contributed by atoms with E-state index in [1.165, 1.54) is 0 Å². The first kappa shape index (κ1) is 28.0. The monoisotopic (exact) mass is 529 g/mol. The molecule has 0 aliphatic carbocycles. The summed E-state index contributed by atoms with van der Waals surface area (Å²) in [4.78, 5) is 17.6. The number of carbonyl (C=O) groups excluding carboxylic acids is 1. The molecular formula is C31H39N5O3. The number of amidine groups is 1. The molecule has 0 atom stereocenters. The number of ether oxygens (including phenoxy) is 2. The topological polar surface area (TPSA) is 104 Å². The van der Waals surface area contributed by atoms with Gasteiger partial charge in [-0.3, -0.25) is 10.2 Å². The van der Waals surface area contributed by atoms with E-state index in [-0.39, 0.29) is 30.4 Å². The fourth-order valence-corrected chi connectivity index (χ4v) is 4.58. The summed E-state index contributed by atoms with van der Waals surface area (Å²) in [6.45, 7) is 6.71. The largest absolute Gasteiger partial charge is 0.490 e. The van der Waals surface area contributed by atoms with E-state index in [4.69, 9.17) is 20.6 Å². The first-order valence-corrected chi connectivity index (χ1v) is 13.5. The molecule has 3 aromatic rings. The number of carbonyl (C=O) groups is 1. The fraction of sp³-hybridized carbons (Fsp3) is 0.355. The van der Waals surface area contributed by atoms with Crippen molar-refractivity contribution in [3.8, 4) is 11.5 Å². The molecule has 0 radical (unpaired) electrons. The molecule has 4 rings (SSSR count). The van der Waals surface area contributed by atoms with Crippen molar-refractivity contribution in [2.24, 2.45) is 5.73 Å². The summed E-state index contributed by atoms with van der Waals surface area (Å²) in [7, 11) is 2.14. The fourth-order valence-electron chi connectivity index (χ4n) is 4.58. The summed E-state index contributed by atoms with van der Waals surface area (Å²) in [6, 6.07) is 23.0. The lowest BCUT2D eigenvalue weighted by molar-refractivity contribution is -0.115. The van der Waals surface area contributed by atoms with E-state index in [1.54, 1.807) is 18.2 Å². The molecule has 1 fully saturated rings. The van der Waals surface area contributed by atoms with E-state index in [0.29, 0.717) is 23.6 Å². The van der Waals surface area contributed by atoms with Crippen LogP contribution in [0, 0.1) is 5.41 Å². The van der Waals surface area contributed by atoms with Crippen LogP contribution >= 0.6 is 0 Å². The lowest BCUT2D eigenvalue weighted by Crippen LogP contribution is -2.38. The maximum absolute atomic E-state index is 13.2.